The van der Waals surface area contributed by atoms with E-state index < -0.39 is 35.1 Å². The van der Waals surface area contributed by atoms with E-state index in [9.17, 15) is 24.0 Å². The van der Waals surface area contributed by atoms with Gasteiger partial charge in [-0.3, -0.25) is 19.2 Å². The summed E-state index contributed by atoms with van der Waals surface area (Å²) in [5, 5.41) is 9.07. The second-order valence-electron chi connectivity index (χ2n) is 15.6. The van der Waals surface area contributed by atoms with Crippen LogP contribution in [0, 0.1) is 22.7 Å². The molecule has 10 nitrogen and oxygen atoms in total. The van der Waals surface area contributed by atoms with E-state index in [2.05, 4.69) is 28.1 Å². The Morgan fingerprint density at radius 2 is 1.66 bits per heavy atom. The fraction of sp³-hybridized carbons (Fsp3) is 0.639. The molecule has 5 amide bonds. The molecule has 256 valence electrons. The van der Waals surface area contributed by atoms with Gasteiger partial charge in [-0.05, 0) is 60.1 Å². The number of nitrogens with one attached hydrogen (secondary N) is 3. The number of carbonyl (C=O) groups is 5. The van der Waals surface area contributed by atoms with Crippen molar-refractivity contribution in [2.45, 2.75) is 115 Å². The molecule has 1 aromatic carbocycles. The maximum absolute atomic E-state index is 14.4. The Labute approximate surface area is 282 Å². The molecule has 5 rings (SSSR count). The van der Waals surface area contributed by atoms with Gasteiger partial charge in [0.05, 0.1) is 6.04 Å². The van der Waals surface area contributed by atoms with Crippen LogP contribution in [0.3, 0.4) is 0 Å². The lowest BCUT2D eigenvalue weighted by molar-refractivity contribution is -0.139. The smallest absolute Gasteiger partial charge is 0.315 e. The van der Waals surface area contributed by atoms with Gasteiger partial charge >= 0.3 is 6.03 Å². The second kappa shape index (κ2) is 13.6. The Morgan fingerprint density at radius 1 is 1.00 bits per heavy atom. The molecule has 1 aromatic rings. The number of benzene rings is 1. The minimum Gasteiger partial charge on any atom is -0.363 e. The first-order chi connectivity index (χ1) is 22.1. The van der Waals surface area contributed by atoms with Crippen LogP contribution in [0.2, 0.25) is 0 Å². The molecule has 2 unspecified atom stereocenters. The summed E-state index contributed by atoms with van der Waals surface area (Å²) in [4.78, 5) is 69.1. The standard InChI is InChI=1S/C36H51N5O5S/c1-34(2,3)29(39-33(46)40-36(16-10-7-11-17-36)18-19-47-23-12-8-6-9-13-23)32(45)41-21-24-26(35(24,4)5)27(41)31(44)38-25(20-22-14-15-22)28(42)30(37)43/h6,8-9,12-13,22,24-25,29H,7,10-11,14-21H2,1-5H3,(H2,37,43)(H,38,44)(H2,39,40,46)/t24?,25?,29-/m1/s1. The van der Waals surface area contributed by atoms with E-state index in [0.717, 1.165) is 62.7 Å². The number of rotatable bonds is 13. The summed E-state index contributed by atoms with van der Waals surface area (Å²) in [6.07, 6.45) is 8.00. The predicted molar refractivity (Wildman–Crippen MR) is 182 cm³/mol. The van der Waals surface area contributed by atoms with E-state index in [4.69, 9.17) is 5.73 Å². The maximum Gasteiger partial charge on any atom is 0.315 e. The van der Waals surface area contributed by atoms with Crippen LogP contribution in [0.5, 0.6) is 0 Å². The first-order valence-electron chi connectivity index (χ1n) is 17.1. The average Bonchev–Trinajstić information content (AvgIpc) is 3.86. The minimum absolute atomic E-state index is 0.00277. The van der Waals surface area contributed by atoms with E-state index in [-0.39, 0.29) is 40.4 Å². The number of urea groups is 1. The third-order valence-electron chi connectivity index (χ3n) is 10.5. The molecule has 4 aliphatic rings. The molecule has 3 fully saturated rings. The molecular weight excluding hydrogens is 614 g/mol. The number of fused-ring (bicyclic) bond motifs is 1. The SMILES string of the molecule is CC1(C)C2=C(C(=O)NC(CC3CC3)C(=O)C(N)=O)N(C(=O)[C@@H](NC(=O)NC3(CCSc4ccccc4)CCCCC3)C(C)(C)C)CC21. The lowest BCUT2D eigenvalue weighted by atomic mass is 9.79. The number of ketones is 1. The number of Topliss-reactive ketones (excluding diaryl/α,β-unsaturated/α-hetero) is 1. The number of carbonyl (C=O) groups excluding carboxylic acids is 5. The fourth-order valence-electron chi connectivity index (χ4n) is 7.37. The van der Waals surface area contributed by atoms with Gasteiger partial charge in [0, 0.05) is 28.6 Å². The van der Waals surface area contributed by atoms with Crippen LogP contribution in [0.25, 0.3) is 0 Å². The molecular formula is C36H51N5O5S. The van der Waals surface area contributed by atoms with Crippen LogP contribution < -0.4 is 21.7 Å². The number of thioether (sulfide) groups is 1. The molecule has 0 radical (unpaired) electrons. The van der Waals surface area contributed by atoms with Gasteiger partial charge in [-0.1, -0.05) is 84.9 Å². The third-order valence-corrected chi connectivity index (χ3v) is 11.5. The van der Waals surface area contributed by atoms with Crippen LogP contribution in [-0.2, 0) is 19.2 Å². The van der Waals surface area contributed by atoms with Gasteiger partial charge in [0.2, 0.25) is 11.7 Å². The maximum atomic E-state index is 14.4. The molecule has 3 atom stereocenters. The van der Waals surface area contributed by atoms with Crippen molar-refractivity contribution in [3.8, 4) is 0 Å². The number of nitrogens with two attached hydrogens (primary N) is 1. The van der Waals surface area contributed by atoms with E-state index in [1.165, 1.54) is 9.80 Å². The molecule has 0 bridgehead atoms. The number of nitrogens with zero attached hydrogens (tertiary/aromatic N) is 1. The Hall–Kier alpha value is -3.34. The Morgan fingerprint density at radius 3 is 2.26 bits per heavy atom. The second-order valence-corrected chi connectivity index (χ2v) is 16.7. The summed E-state index contributed by atoms with van der Waals surface area (Å²) in [7, 11) is 0. The molecule has 47 heavy (non-hydrogen) atoms. The highest BCUT2D eigenvalue weighted by Crippen LogP contribution is 2.63. The van der Waals surface area contributed by atoms with Crippen molar-refractivity contribution >= 4 is 41.3 Å². The zero-order valence-electron chi connectivity index (χ0n) is 28.4. The summed E-state index contributed by atoms with van der Waals surface area (Å²) in [6, 6.07) is 7.90. The van der Waals surface area contributed by atoms with Crippen molar-refractivity contribution in [3.63, 3.8) is 0 Å². The van der Waals surface area contributed by atoms with Gasteiger partial charge in [-0.25, -0.2) is 4.79 Å². The quantitative estimate of drug-likeness (QED) is 0.178. The zero-order chi connectivity index (χ0) is 34.1. The summed E-state index contributed by atoms with van der Waals surface area (Å²) >= 11 is 1.78. The molecule has 0 saturated heterocycles. The van der Waals surface area contributed by atoms with Gasteiger partial charge in [-0.2, -0.15) is 0 Å². The van der Waals surface area contributed by atoms with E-state index >= 15 is 0 Å². The van der Waals surface area contributed by atoms with Crippen LogP contribution in [0.4, 0.5) is 4.79 Å². The normalized spacial score (nSPS) is 22.5. The number of hydrogen-bond donors (Lipinski definition) is 4. The molecule has 3 saturated carbocycles. The van der Waals surface area contributed by atoms with Gasteiger partial charge < -0.3 is 26.6 Å². The van der Waals surface area contributed by atoms with Crippen molar-refractivity contribution in [2.24, 2.45) is 28.4 Å². The van der Waals surface area contributed by atoms with Crippen molar-refractivity contribution in [1.82, 2.24) is 20.9 Å². The minimum atomic E-state index is -1.09. The largest absolute Gasteiger partial charge is 0.363 e. The number of amides is 5. The Bertz CT molecular complexity index is 1420. The number of primary amides is 1. The predicted octanol–water partition coefficient (Wildman–Crippen LogP) is 4.68. The van der Waals surface area contributed by atoms with Crippen molar-refractivity contribution in [3.05, 3.63) is 41.6 Å². The first-order valence-corrected chi connectivity index (χ1v) is 18.1. The molecule has 1 aliphatic heterocycles. The van der Waals surface area contributed by atoms with Gasteiger partial charge in [0.1, 0.15) is 11.7 Å². The molecule has 5 N–H and O–H groups in total. The van der Waals surface area contributed by atoms with Crippen LogP contribution in [0.1, 0.15) is 92.4 Å². The summed E-state index contributed by atoms with van der Waals surface area (Å²) < 4.78 is 0. The highest BCUT2D eigenvalue weighted by Gasteiger charge is 2.62. The van der Waals surface area contributed by atoms with Crippen molar-refractivity contribution < 1.29 is 24.0 Å². The summed E-state index contributed by atoms with van der Waals surface area (Å²) in [5.41, 5.74) is 5.11. The summed E-state index contributed by atoms with van der Waals surface area (Å²) in [6.45, 7) is 10.1. The number of hydrogen-bond acceptors (Lipinski definition) is 6. The average molecular weight is 666 g/mol. The Kier molecular flexibility index (Phi) is 10.2. The lowest BCUT2D eigenvalue weighted by Gasteiger charge is -2.40. The molecule has 11 heteroatoms. The van der Waals surface area contributed by atoms with Crippen LogP contribution >= 0.6 is 11.8 Å². The van der Waals surface area contributed by atoms with Crippen LogP contribution in [-0.4, -0.2) is 64.4 Å². The summed E-state index contributed by atoms with van der Waals surface area (Å²) in [5.74, 6) is -1.73. The monoisotopic (exact) mass is 665 g/mol. The third kappa shape index (κ3) is 8.04. The van der Waals surface area contributed by atoms with Gasteiger partial charge in [0.25, 0.3) is 11.8 Å². The van der Waals surface area contributed by atoms with Gasteiger partial charge in [-0.15, -0.1) is 11.8 Å². The van der Waals surface area contributed by atoms with Crippen LogP contribution in [0.15, 0.2) is 46.5 Å². The first kappa shape index (κ1) is 35.0. The highest BCUT2D eigenvalue weighted by molar-refractivity contribution is 7.99. The van der Waals surface area contributed by atoms with Crippen molar-refractivity contribution in [2.75, 3.05) is 12.3 Å². The Balaban J connectivity index is 1.31. The van der Waals surface area contributed by atoms with E-state index in [1.54, 1.807) is 11.8 Å². The lowest BCUT2D eigenvalue weighted by Crippen LogP contribution is -2.61. The zero-order valence-corrected chi connectivity index (χ0v) is 29.3. The van der Waals surface area contributed by atoms with E-state index in [1.807, 2.05) is 52.8 Å². The van der Waals surface area contributed by atoms with Crippen molar-refractivity contribution in [1.29, 1.82) is 0 Å². The molecule has 1 heterocycles. The molecule has 0 spiro atoms. The van der Waals surface area contributed by atoms with E-state index in [0.29, 0.717) is 13.0 Å². The highest BCUT2D eigenvalue weighted by atomic mass is 32.2. The molecule has 0 aromatic heterocycles. The topological polar surface area (TPSA) is 151 Å². The van der Waals surface area contributed by atoms with Gasteiger partial charge in [0.15, 0.2) is 0 Å². The molecule has 3 aliphatic carbocycles. The fourth-order valence-corrected chi connectivity index (χ4v) is 8.45.